The summed E-state index contributed by atoms with van der Waals surface area (Å²) in [5.74, 6) is 0. The summed E-state index contributed by atoms with van der Waals surface area (Å²) < 4.78 is 0. The van der Waals surface area contributed by atoms with Gasteiger partial charge in [0, 0.05) is 11.6 Å². The highest BCUT2D eigenvalue weighted by molar-refractivity contribution is 5.49. The van der Waals surface area contributed by atoms with Crippen LogP contribution in [0.25, 0.3) is 0 Å². The predicted molar refractivity (Wildman–Crippen MR) is 73.3 cm³/mol. The van der Waals surface area contributed by atoms with Crippen molar-refractivity contribution in [1.82, 2.24) is 0 Å². The van der Waals surface area contributed by atoms with Crippen LogP contribution in [0, 0.1) is 11.3 Å². The highest BCUT2D eigenvalue weighted by atomic mass is 14.8. The van der Waals surface area contributed by atoms with Gasteiger partial charge in [-0.2, -0.15) is 5.26 Å². The molecule has 0 fully saturated rings. The Labute approximate surface area is 106 Å². The number of nitriles is 1. The number of hydrogen-bond donors (Lipinski definition) is 1. The highest BCUT2D eigenvalue weighted by Crippen LogP contribution is 2.31. The van der Waals surface area contributed by atoms with Gasteiger partial charge in [-0.25, -0.2) is 0 Å². The van der Waals surface area contributed by atoms with E-state index < -0.39 is 0 Å². The van der Waals surface area contributed by atoms with Gasteiger partial charge in [-0.1, -0.05) is 34.6 Å². The molecule has 0 bridgehead atoms. The average Bonchev–Trinajstić information content (AvgIpc) is 2.40. The fourth-order valence-electron chi connectivity index (χ4n) is 1.65. The Bertz CT molecular complexity index is 386. The molecule has 2 nitrogen and oxygen atoms in total. The van der Waals surface area contributed by atoms with Gasteiger partial charge in [-0.05, 0) is 24.0 Å². The third-order valence-corrected chi connectivity index (χ3v) is 3.11. The lowest BCUT2D eigenvalue weighted by molar-refractivity contribution is -0.540. The summed E-state index contributed by atoms with van der Waals surface area (Å²) in [5.41, 5.74) is 3.39. The summed E-state index contributed by atoms with van der Waals surface area (Å²) in [6.45, 7) is 10.6. The zero-order valence-electron chi connectivity index (χ0n) is 12.0. The first-order chi connectivity index (χ1) is 8.05. The molecule has 0 spiro atoms. The molecule has 0 aliphatic rings. The van der Waals surface area contributed by atoms with Crippen molar-refractivity contribution in [3.05, 3.63) is 29.3 Å². The summed E-state index contributed by atoms with van der Waals surface area (Å²) in [6, 6.07) is 8.13. The minimum Gasteiger partial charge on any atom is -0.316 e. The van der Waals surface area contributed by atoms with E-state index in [0.29, 0.717) is 0 Å². The van der Waals surface area contributed by atoms with Crippen molar-refractivity contribution < 1.29 is 5.32 Å². The molecule has 0 aliphatic heterocycles. The molecule has 0 atom stereocenters. The maximum atomic E-state index is 8.90. The van der Waals surface area contributed by atoms with Crippen LogP contribution >= 0.6 is 0 Å². The standard InChI is InChI=1S/C13H18N2.C2H6/c1-5-13(2,3)11-8-10(9-14)6-7-12(11)15-4;1-2/h6-8,15H,5H2,1-4H3;1-2H3/p+1. The van der Waals surface area contributed by atoms with E-state index >= 15 is 0 Å². The van der Waals surface area contributed by atoms with Crippen LogP contribution in [-0.4, -0.2) is 7.05 Å². The molecule has 0 saturated carbocycles. The van der Waals surface area contributed by atoms with Crippen LogP contribution < -0.4 is 5.32 Å². The molecule has 1 aromatic rings. The third kappa shape index (κ3) is 3.87. The molecule has 0 saturated heterocycles. The van der Waals surface area contributed by atoms with E-state index in [1.54, 1.807) is 0 Å². The molecule has 2 heteroatoms. The Balaban J connectivity index is 0.00000121. The highest BCUT2D eigenvalue weighted by Gasteiger charge is 2.23. The lowest BCUT2D eigenvalue weighted by Gasteiger charge is -2.24. The molecule has 0 amide bonds. The van der Waals surface area contributed by atoms with Crippen molar-refractivity contribution in [2.45, 2.75) is 46.5 Å². The molecule has 0 aliphatic carbocycles. The van der Waals surface area contributed by atoms with Gasteiger partial charge in [0.1, 0.15) is 5.69 Å². The van der Waals surface area contributed by atoms with E-state index in [9.17, 15) is 0 Å². The SMILES string of the molecule is CC.CCC(C)(C)c1cc(C#N)ccc1[NH2+]C. The number of nitrogens with two attached hydrogens (primary N) is 1. The van der Waals surface area contributed by atoms with Gasteiger partial charge in [-0.3, -0.25) is 0 Å². The number of nitrogens with zero attached hydrogens (tertiary/aromatic N) is 1. The minimum atomic E-state index is 0.134. The van der Waals surface area contributed by atoms with Crippen molar-refractivity contribution in [2.75, 3.05) is 7.05 Å². The molecule has 2 N–H and O–H groups in total. The monoisotopic (exact) mass is 233 g/mol. The first kappa shape index (κ1) is 15.7. The zero-order valence-corrected chi connectivity index (χ0v) is 12.0. The minimum absolute atomic E-state index is 0.134. The van der Waals surface area contributed by atoms with Crippen molar-refractivity contribution >= 4 is 5.69 Å². The van der Waals surface area contributed by atoms with Crippen molar-refractivity contribution in [3.8, 4) is 6.07 Å². The lowest BCUT2D eigenvalue weighted by Crippen LogP contribution is -2.73. The number of hydrogen-bond acceptors (Lipinski definition) is 1. The number of rotatable bonds is 3. The Hall–Kier alpha value is -1.33. The van der Waals surface area contributed by atoms with Crippen LogP contribution in [0.15, 0.2) is 18.2 Å². The quantitative estimate of drug-likeness (QED) is 0.801. The van der Waals surface area contributed by atoms with Gasteiger partial charge < -0.3 is 5.32 Å². The van der Waals surface area contributed by atoms with E-state index in [1.807, 2.05) is 39.1 Å². The Morgan fingerprint density at radius 3 is 2.29 bits per heavy atom. The van der Waals surface area contributed by atoms with E-state index in [4.69, 9.17) is 5.26 Å². The van der Waals surface area contributed by atoms with Gasteiger partial charge in [-0.15, -0.1) is 0 Å². The van der Waals surface area contributed by atoms with Crippen LogP contribution in [-0.2, 0) is 5.41 Å². The second-order valence-electron chi connectivity index (χ2n) is 4.44. The molecule has 0 aromatic heterocycles. The molecule has 1 aromatic carbocycles. The molecule has 0 unspecified atom stereocenters. The van der Waals surface area contributed by atoms with Crippen molar-refractivity contribution in [2.24, 2.45) is 0 Å². The average molecular weight is 233 g/mol. The van der Waals surface area contributed by atoms with Crippen LogP contribution in [0.2, 0.25) is 0 Å². The first-order valence-corrected chi connectivity index (χ1v) is 6.39. The Morgan fingerprint density at radius 2 is 1.88 bits per heavy atom. The fraction of sp³-hybridized carbons (Fsp3) is 0.533. The molecule has 0 radical (unpaired) electrons. The summed E-state index contributed by atoms with van der Waals surface area (Å²) in [6.07, 6.45) is 1.07. The molecular formula is C15H25N2+. The summed E-state index contributed by atoms with van der Waals surface area (Å²) in [7, 11) is 2.04. The molecule has 17 heavy (non-hydrogen) atoms. The summed E-state index contributed by atoms with van der Waals surface area (Å²) >= 11 is 0. The Kier molecular flexibility index (Phi) is 6.53. The number of benzene rings is 1. The van der Waals surface area contributed by atoms with Gasteiger partial charge in [0.15, 0.2) is 0 Å². The van der Waals surface area contributed by atoms with E-state index in [1.165, 1.54) is 11.3 Å². The molecular weight excluding hydrogens is 208 g/mol. The third-order valence-electron chi connectivity index (χ3n) is 3.11. The van der Waals surface area contributed by atoms with E-state index in [0.717, 1.165) is 12.0 Å². The van der Waals surface area contributed by atoms with Gasteiger partial charge in [0.05, 0.1) is 18.7 Å². The first-order valence-electron chi connectivity index (χ1n) is 6.39. The fourth-order valence-corrected chi connectivity index (χ4v) is 1.65. The zero-order chi connectivity index (χ0) is 13.5. The van der Waals surface area contributed by atoms with Gasteiger partial charge >= 0.3 is 0 Å². The van der Waals surface area contributed by atoms with Crippen molar-refractivity contribution in [1.29, 1.82) is 5.26 Å². The second kappa shape index (κ2) is 7.09. The largest absolute Gasteiger partial charge is 0.316 e. The number of quaternary nitrogens is 1. The van der Waals surface area contributed by atoms with Crippen LogP contribution in [0.3, 0.4) is 0 Å². The van der Waals surface area contributed by atoms with E-state index in [2.05, 4.69) is 32.2 Å². The normalized spacial score (nSPS) is 10.2. The topological polar surface area (TPSA) is 40.4 Å². The molecule has 0 heterocycles. The summed E-state index contributed by atoms with van der Waals surface area (Å²) in [5, 5.41) is 11.0. The van der Waals surface area contributed by atoms with Crippen LogP contribution in [0.5, 0.6) is 0 Å². The predicted octanol–water partition coefficient (Wildman–Crippen LogP) is 3.10. The van der Waals surface area contributed by atoms with E-state index in [-0.39, 0.29) is 5.41 Å². The van der Waals surface area contributed by atoms with Crippen molar-refractivity contribution in [3.63, 3.8) is 0 Å². The lowest BCUT2D eigenvalue weighted by atomic mass is 9.80. The summed E-state index contributed by atoms with van der Waals surface area (Å²) in [4.78, 5) is 0. The maximum absolute atomic E-state index is 8.90. The van der Waals surface area contributed by atoms with Crippen LogP contribution in [0.4, 0.5) is 5.69 Å². The Morgan fingerprint density at radius 1 is 1.29 bits per heavy atom. The van der Waals surface area contributed by atoms with Gasteiger partial charge in [0.2, 0.25) is 0 Å². The maximum Gasteiger partial charge on any atom is 0.133 e. The molecule has 94 valence electrons. The smallest absolute Gasteiger partial charge is 0.133 e. The van der Waals surface area contributed by atoms with Crippen LogP contribution in [0.1, 0.15) is 52.2 Å². The molecule has 1 rings (SSSR count). The van der Waals surface area contributed by atoms with Gasteiger partial charge in [0.25, 0.3) is 0 Å². The second-order valence-corrected chi connectivity index (χ2v) is 4.44.